The van der Waals surface area contributed by atoms with E-state index in [0.717, 1.165) is 62.2 Å². The van der Waals surface area contributed by atoms with E-state index in [1.165, 1.54) is 57.4 Å². The molecule has 3 heterocycles. The maximum absolute atomic E-state index is 13.0. The lowest BCUT2D eigenvalue weighted by Crippen LogP contribution is -2.68. The van der Waals surface area contributed by atoms with Crippen LogP contribution >= 0.6 is 0 Å². The fourth-order valence-electron chi connectivity index (χ4n) is 14.6. The minimum atomic E-state index is -1.82. The van der Waals surface area contributed by atoms with E-state index in [0.29, 0.717) is 30.7 Å². The molecule has 21 nitrogen and oxygen atoms in total. The molecule has 3 amide bonds. The number of hydrogen-bond acceptors (Lipinski definition) is 18. The van der Waals surface area contributed by atoms with Gasteiger partial charge in [-0.25, -0.2) is 4.79 Å². The first-order valence-corrected chi connectivity index (χ1v) is 29.0. The minimum Gasteiger partial charge on any atom is -0.446 e. The molecule has 21 heteroatoms. The zero-order valence-corrected chi connectivity index (χ0v) is 46.6. The number of rotatable bonds is 23. The topological polar surface area (TPSA) is 314 Å². The van der Waals surface area contributed by atoms with Gasteiger partial charge in [-0.3, -0.25) is 9.59 Å². The van der Waals surface area contributed by atoms with Crippen LogP contribution in [0.15, 0.2) is 11.6 Å². The van der Waals surface area contributed by atoms with E-state index in [-0.39, 0.29) is 43.4 Å². The van der Waals surface area contributed by atoms with Gasteiger partial charge in [-0.15, -0.1) is 0 Å². The van der Waals surface area contributed by atoms with Gasteiger partial charge in [-0.05, 0) is 117 Å². The number of carbonyl (C=O) groups excluding carboxylic acids is 3. The van der Waals surface area contributed by atoms with Crippen molar-refractivity contribution in [2.45, 2.75) is 243 Å². The highest BCUT2D eigenvalue weighted by Crippen LogP contribution is 2.67. The van der Waals surface area contributed by atoms with E-state index < -0.39 is 117 Å². The maximum Gasteiger partial charge on any atom is 0.407 e. The number of amides is 3. The van der Waals surface area contributed by atoms with Crippen LogP contribution in [0.4, 0.5) is 4.79 Å². The first-order chi connectivity index (χ1) is 36.6. The molecule has 0 radical (unpaired) electrons. The predicted molar refractivity (Wildman–Crippen MR) is 278 cm³/mol. The monoisotopic (exact) mass is 1100 g/mol. The Balaban J connectivity index is 0.842. The molecule has 0 unspecified atom stereocenters. The summed E-state index contributed by atoms with van der Waals surface area (Å²) in [6, 6.07) is -1.45. The Labute approximate surface area is 454 Å². The fourth-order valence-corrected chi connectivity index (χ4v) is 14.6. The van der Waals surface area contributed by atoms with Crippen molar-refractivity contribution in [1.29, 1.82) is 0 Å². The zero-order chi connectivity index (χ0) is 55.9. The molecule has 0 aromatic heterocycles. The van der Waals surface area contributed by atoms with Gasteiger partial charge in [-0.1, -0.05) is 65.5 Å². The smallest absolute Gasteiger partial charge is 0.407 e. The van der Waals surface area contributed by atoms with Crippen LogP contribution in [0.25, 0.3) is 0 Å². The summed E-state index contributed by atoms with van der Waals surface area (Å²) in [5, 5.41) is 93.0. The van der Waals surface area contributed by atoms with Crippen LogP contribution in [0.3, 0.4) is 0 Å². The minimum absolute atomic E-state index is 0.0905. The average molecular weight is 1100 g/mol. The molecule has 0 aromatic rings. The first kappa shape index (κ1) is 62.0. The summed E-state index contributed by atoms with van der Waals surface area (Å²) < 4.78 is 41.6. The van der Waals surface area contributed by atoms with Crippen molar-refractivity contribution in [2.24, 2.45) is 46.3 Å². The van der Waals surface area contributed by atoms with Crippen LogP contribution in [0.1, 0.15) is 145 Å². The number of allylic oxidation sites excluding steroid dienone is 1. The lowest BCUT2D eigenvalue weighted by Gasteiger charge is -2.58. The molecule has 0 aromatic carbocycles. The largest absolute Gasteiger partial charge is 0.446 e. The first-order valence-electron chi connectivity index (χ1n) is 29.0. The summed E-state index contributed by atoms with van der Waals surface area (Å²) in [4.78, 5) is 38.0. The van der Waals surface area contributed by atoms with Crippen molar-refractivity contribution in [3.8, 4) is 0 Å². The Morgan fingerprint density at radius 1 is 0.727 bits per heavy atom. The van der Waals surface area contributed by atoms with Gasteiger partial charge in [-0.2, -0.15) is 0 Å². The number of ether oxygens (including phenoxy) is 7. The molecule has 7 rings (SSSR count). The Bertz CT molecular complexity index is 1950. The molecule has 4 aliphatic carbocycles. The highest BCUT2D eigenvalue weighted by molar-refractivity contribution is 5.75. The Hall–Kier alpha value is -2.61. The third kappa shape index (κ3) is 14.4. The van der Waals surface area contributed by atoms with Crippen molar-refractivity contribution in [1.82, 2.24) is 16.0 Å². The Kier molecular flexibility index (Phi) is 22.1. The van der Waals surface area contributed by atoms with Gasteiger partial charge in [0.2, 0.25) is 11.8 Å². The zero-order valence-electron chi connectivity index (χ0n) is 46.6. The average Bonchev–Trinajstić information content (AvgIpc) is 3.88. The molecule has 77 heavy (non-hydrogen) atoms. The molecular weight excluding hydrogens is 1000 g/mol. The lowest BCUT2D eigenvalue weighted by molar-refractivity contribution is -0.385. The SMILES string of the molecule is CC(=O)N[C@H]1[C@@H](O[C@H]2[C@@H](O)[C@@H](CO)O[C@@H](OCCCNC(=O)CCCCNC(=O)O[C@@H]3CC[C@@]4(C)C(=CC[C@H]5[C@@H]6CC[C@H]([C@H](C)CCCC(C)C)[C@@]6(C)CC[C@@H]54)C3)[C@@H]2O[C@@H]2O[C@@H](C)[C@H](O)[C@@H](O)[C@@H]2O)O[C@H](CO)[C@H](O)[C@@H]1O. The second-order valence-electron chi connectivity index (χ2n) is 24.5. The second kappa shape index (κ2) is 27.4. The maximum atomic E-state index is 13.0. The van der Waals surface area contributed by atoms with Crippen LogP contribution in [-0.4, -0.2) is 190 Å². The van der Waals surface area contributed by atoms with Crippen LogP contribution in [0.5, 0.6) is 0 Å². The molecule has 442 valence electrons. The number of hydrogen-bond donors (Lipinski definition) is 11. The molecule has 3 saturated heterocycles. The number of unbranched alkanes of at least 4 members (excludes halogenated alkanes) is 1. The Morgan fingerprint density at radius 3 is 2.14 bits per heavy atom. The van der Waals surface area contributed by atoms with E-state index in [1.807, 2.05) is 0 Å². The van der Waals surface area contributed by atoms with Gasteiger partial charge >= 0.3 is 6.09 Å². The number of aliphatic hydroxyl groups excluding tert-OH is 8. The van der Waals surface area contributed by atoms with Gasteiger partial charge < -0.3 is 90.0 Å². The van der Waals surface area contributed by atoms with Gasteiger partial charge in [0, 0.05) is 32.9 Å². The molecular formula is C56H95N3O18. The van der Waals surface area contributed by atoms with Crippen molar-refractivity contribution in [3.63, 3.8) is 0 Å². The van der Waals surface area contributed by atoms with E-state index in [2.05, 4.69) is 56.6 Å². The summed E-state index contributed by atoms with van der Waals surface area (Å²) in [5.41, 5.74) is 2.08. The second-order valence-corrected chi connectivity index (χ2v) is 24.5. The molecule has 3 saturated carbocycles. The molecule has 0 bridgehead atoms. The van der Waals surface area contributed by atoms with E-state index >= 15 is 0 Å². The van der Waals surface area contributed by atoms with E-state index in [9.17, 15) is 55.2 Å². The summed E-state index contributed by atoms with van der Waals surface area (Å²) in [7, 11) is 0. The van der Waals surface area contributed by atoms with Crippen molar-refractivity contribution < 1.29 is 88.4 Å². The van der Waals surface area contributed by atoms with Gasteiger partial charge in [0.25, 0.3) is 0 Å². The van der Waals surface area contributed by atoms with Gasteiger partial charge in [0.1, 0.15) is 73.2 Å². The van der Waals surface area contributed by atoms with Crippen LogP contribution in [0.2, 0.25) is 0 Å². The summed E-state index contributed by atoms with van der Waals surface area (Å²) in [6.07, 6.45) is -5.30. The van der Waals surface area contributed by atoms with Crippen LogP contribution in [0, 0.1) is 46.3 Å². The number of nitrogens with one attached hydrogen (secondary N) is 3. The van der Waals surface area contributed by atoms with Gasteiger partial charge in [0.05, 0.1) is 25.9 Å². The molecule has 7 aliphatic rings. The summed E-state index contributed by atoms with van der Waals surface area (Å²) in [5.74, 6) is 3.75. The highest BCUT2D eigenvalue weighted by Gasteiger charge is 2.60. The number of carbonyl (C=O) groups is 3. The third-order valence-corrected chi connectivity index (χ3v) is 19.0. The summed E-state index contributed by atoms with van der Waals surface area (Å²) in [6.45, 7) is 13.8. The van der Waals surface area contributed by atoms with Crippen molar-refractivity contribution in [3.05, 3.63) is 11.6 Å². The normalized spacial score (nSPS) is 42.3. The lowest BCUT2D eigenvalue weighted by atomic mass is 9.47. The van der Waals surface area contributed by atoms with Gasteiger partial charge in [0.15, 0.2) is 18.9 Å². The Morgan fingerprint density at radius 2 is 1.43 bits per heavy atom. The van der Waals surface area contributed by atoms with Crippen molar-refractivity contribution in [2.75, 3.05) is 32.9 Å². The molecule has 23 atom stereocenters. The standard InChI is InChI=1S/C56H95N3O18/c1-29(2)12-10-13-30(3)36-17-18-37-35-16-15-33-26-34(19-21-55(33,6)38(35)20-22-56(36,37)7)73-54(70)58-23-9-8-14-41(63)57-24-11-25-71-53-50(77-52-48(69)47(68)43(64)31(4)72-52)49(45(66)40(28-61)75-53)76-51-42(59-32(5)62)46(67)44(65)39(27-60)74-51/h15,29-31,34-40,42-53,60-61,64-69H,8-14,16-28H2,1-7H3,(H,57,63)(H,58,70)(H,59,62)/t30-,31+,34-,35+,36-,37+,38+,39-,40-,42-,43+,44+,45+,46-,47-,48+,49+,50-,51-,52+,53-,55+,56-/m1/s1. The summed E-state index contributed by atoms with van der Waals surface area (Å²) >= 11 is 0. The molecule has 3 aliphatic heterocycles. The molecule has 0 spiro atoms. The van der Waals surface area contributed by atoms with E-state index in [1.54, 1.807) is 0 Å². The number of fused-ring (bicyclic) bond motifs is 5. The van der Waals surface area contributed by atoms with Crippen molar-refractivity contribution >= 4 is 17.9 Å². The fraction of sp³-hybridized carbons (Fsp3) is 0.911. The van der Waals surface area contributed by atoms with E-state index in [4.69, 9.17) is 33.2 Å². The molecule has 11 N–H and O–H groups in total. The number of aliphatic hydroxyl groups is 8. The van der Waals surface area contributed by atoms with Crippen LogP contribution < -0.4 is 16.0 Å². The quantitative estimate of drug-likeness (QED) is 0.0517. The van der Waals surface area contributed by atoms with Crippen LogP contribution in [-0.2, 0) is 42.7 Å². The number of alkyl carbamates (subject to hydrolysis) is 1. The predicted octanol–water partition coefficient (Wildman–Crippen LogP) is 2.44. The molecule has 6 fully saturated rings. The highest BCUT2D eigenvalue weighted by atomic mass is 16.8. The third-order valence-electron chi connectivity index (χ3n) is 19.0.